The maximum absolute atomic E-state index is 12.7. The number of hydrogen-bond acceptors (Lipinski definition) is 3. The Kier molecular flexibility index (Phi) is 2.34. The molecule has 0 spiro atoms. The molecule has 100 valence electrons. The van der Waals surface area contributed by atoms with Crippen molar-refractivity contribution in [1.29, 1.82) is 0 Å². The Hall–Kier alpha value is -1.58. The van der Waals surface area contributed by atoms with E-state index in [-0.39, 0.29) is 11.7 Å². The second kappa shape index (κ2) is 3.95. The topological polar surface area (TPSA) is 50.5 Å². The van der Waals surface area contributed by atoms with Crippen LogP contribution in [0.2, 0.25) is 0 Å². The normalized spacial score (nSPS) is 28.8. The molecule has 1 aromatic heterocycles. The molecule has 2 bridgehead atoms. The Balaban J connectivity index is 1.71. The zero-order valence-electron chi connectivity index (χ0n) is 10.9. The maximum atomic E-state index is 12.7. The SMILES string of the molecule is O=C1CCCc2occ(C(=O)N3C4CCC3CC4)c21. The number of rotatable bonds is 1. The molecule has 2 saturated heterocycles. The number of fused-ring (bicyclic) bond motifs is 3. The summed E-state index contributed by atoms with van der Waals surface area (Å²) in [5.74, 6) is 0.807. The van der Waals surface area contributed by atoms with E-state index in [1.54, 1.807) is 0 Å². The van der Waals surface area contributed by atoms with Crippen molar-refractivity contribution in [3.05, 3.63) is 23.2 Å². The van der Waals surface area contributed by atoms with Crippen LogP contribution >= 0.6 is 0 Å². The number of furan rings is 1. The van der Waals surface area contributed by atoms with E-state index in [9.17, 15) is 9.59 Å². The van der Waals surface area contributed by atoms with E-state index >= 15 is 0 Å². The summed E-state index contributed by atoms with van der Waals surface area (Å²) in [6.07, 6.45) is 8.13. The monoisotopic (exact) mass is 259 g/mol. The van der Waals surface area contributed by atoms with Crippen LogP contribution in [0.15, 0.2) is 10.7 Å². The number of nitrogens with zero attached hydrogens (tertiary/aromatic N) is 1. The molecule has 0 aromatic carbocycles. The molecule has 4 rings (SSSR count). The molecule has 0 N–H and O–H groups in total. The van der Waals surface area contributed by atoms with E-state index in [1.165, 1.54) is 6.26 Å². The van der Waals surface area contributed by atoms with E-state index < -0.39 is 0 Å². The second-order valence-corrected chi connectivity index (χ2v) is 5.90. The summed E-state index contributed by atoms with van der Waals surface area (Å²) in [6.45, 7) is 0. The minimum atomic E-state index is 0.0188. The molecule has 0 radical (unpaired) electrons. The predicted octanol–water partition coefficient (Wildman–Crippen LogP) is 2.57. The smallest absolute Gasteiger partial charge is 0.258 e. The highest BCUT2D eigenvalue weighted by atomic mass is 16.3. The average molecular weight is 259 g/mol. The van der Waals surface area contributed by atoms with Gasteiger partial charge in [0, 0.05) is 24.9 Å². The number of aryl methyl sites for hydroxylation is 1. The molecule has 0 saturated carbocycles. The highest BCUT2D eigenvalue weighted by molar-refractivity contribution is 6.09. The third-order valence-electron chi connectivity index (χ3n) is 4.87. The van der Waals surface area contributed by atoms with Crippen molar-refractivity contribution in [2.45, 2.75) is 57.0 Å². The molecule has 2 aliphatic heterocycles. The number of Topliss-reactive ketones (excluding diaryl/α,β-unsaturated/α-hetero) is 1. The van der Waals surface area contributed by atoms with Crippen LogP contribution in [0.3, 0.4) is 0 Å². The van der Waals surface area contributed by atoms with Gasteiger partial charge in [0.2, 0.25) is 0 Å². The Bertz CT molecular complexity index is 540. The molecule has 1 aliphatic carbocycles. The van der Waals surface area contributed by atoms with Crippen LogP contribution < -0.4 is 0 Å². The van der Waals surface area contributed by atoms with Gasteiger partial charge in [-0.2, -0.15) is 0 Å². The first-order valence-corrected chi connectivity index (χ1v) is 7.22. The standard InChI is InChI=1S/C15H17NO3/c17-12-2-1-3-13-14(12)11(8-19-13)15(18)16-9-4-5-10(16)7-6-9/h8-10H,1-7H2. The summed E-state index contributed by atoms with van der Waals surface area (Å²) >= 11 is 0. The molecule has 2 fully saturated rings. The van der Waals surface area contributed by atoms with E-state index in [1.807, 2.05) is 4.90 Å². The first-order valence-electron chi connectivity index (χ1n) is 7.22. The Morgan fingerprint density at radius 2 is 1.84 bits per heavy atom. The van der Waals surface area contributed by atoms with E-state index in [2.05, 4.69) is 0 Å². The zero-order chi connectivity index (χ0) is 13.0. The van der Waals surface area contributed by atoms with Gasteiger partial charge in [-0.1, -0.05) is 0 Å². The Morgan fingerprint density at radius 3 is 2.53 bits per heavy atom. The molecule has 0 atom stereocenters. The lowest BCUT2D eigenvalue weighted by molar-refractivity contribution is 0.0724. The molecule has 1 aromatic rings. The summed E-state index contributed by atoms with van der Waals surface area (Å²) in [4.78, 5) is 26.7. The average Bonchev–Trinajstić information content (AvgIpc) is 3.12. The van der Waals surface area contributed by atoms with Crippen molar-refractivity contribution in [3.8, 4) is 0 Å². The largest absolute Gasteiger partial charge is 0.468 e. The highest BCUT2D eigenvalue weighted by Crippen LogP contribution is 2.39. The van der Waals surface area contributed by atoms with Crippen LogP contribution in [0.4, 0.5) is 0 Å². The van der Waals surface area contributed by atoms with Crippen molar-refractivity contribution in [3.63, 3.8) is 0 Å². The first-order chi connectivity index (χ1) is 9.25. The summed E-state index contributed by atoms with van der Waals surface area (Å²) in [5, 5.41) is 0. The summed E-state index contributed by atoms with van der Waals surface area (Å²) in [5.41, 5.74) is 1.08. The highest BCUT2D eigenvalue weighted by Gasteiger charge is 2.44. The number of carbonyl (C=O) groups excluding carboxylic acids is 2. The lowest BCUT2D eigenvalue weighted by atomic mass is 9.93. The number of ketones is 1. The lowest BCUT2D eigenvalue weighted by Gasteiger charge is -2.22. The number of carbonyl (C=O) groups is 2. The number of amides is 1. The van der Waals surface area contributed by atoms with Crippen molar-refractivity contribution in [2.75, 3.05) is 0 Å². The van der Waals surface area contributed by atoms with Crippen molar-refractivity contribution < 1.29 is 14.0 Å². The zero-order valence-corrected chi connectivity index (χ0v) is 10.9. The van der Waals surface area contributed by atoms with E-state index in [4.69, 9.17) is 4.42 Å². The lowest BCUT2D eigenvalue weighted by Crippen LogP contribution is -2.35. The van der Waals surface area contributed by atoms with Crippen LogP contribution in [0.25, 0.3) is 0 Å². The quantitative estimate of drug-likeness (QED) is 0.778. The van der Waals surface area contributed by atoms with Crippen LogP contribution in [-0.2, 0) is 6.42 Å². The van der Waals surface area contributed by atoms with Gasteiger partial charge in [0.25, 0.3) is 5.91 Å². The van der Waals surface area contributed by atoms with Gasteiger partial charge >= 0.3 is 0 Å². The van der Waals surface area contributed by atoms with Gasteiger partial charge in [0.1, 0.15) is 12.0 Å². The van der Waals surface area contributed by atoms with E-state index in [0.29, 0.717) is 35.4 Å². The van der Waals surface area contributed by atoms with Crippen LogP contribution in [-0.4, -0.2) is 28.7 Å². The molecular weight excluding hydrogens is 242 g/mol. The van der Waals surface area contributed by atoms with Crippen LogP contribution in [0.5, 0.6) is 0 Å². The van der Waals surface area contributed by atoms with Gasteiger partial charge in [-0.15, -0.1) is 0 Å². The fourth-order valence-corrected chi connectivity index (χ4v) is 3.96. The van der Waals surface area contributed by atoms with Gasteiger partial charge in [-0.05, 0) is 32.1 Å². The molecule has 1 amide bonds. The predicted molar refractivity (Wildman–Crippen MR) is 68.2 cm³/mol. The molecule has 3 heterocycles. The molecular formula is C15H17NO3. The molecule has 4 nitrogen and oxygen atoms in total. The first kappa shape index (κ1) is 11.3. The summed E-state index contributed by atoms with van der Waals surface area (Å²) in [7, 11) is 0. The molecule has 0 unspecified atom stereocenters. The maximum Gasteiger partial charge on any atom is 0.258 e. The third kappa shape index (κ3) is 1.52. The van der Waals surface area contributed by atoms with Gasteiger partial charge in [0.15, 0.2) is 5.78 Å². The Labute approximate surface area is 111 Å². The third-order valence-corrected chi connectivity index (χ3v) is 4.87. The van der Waals surface area contributed by atoms with Crippen LogP contribution in [0, 0.1) is 0 Å². The molecule has 4 heteroatoms. The fourth-order valence-electron chi connectivity index (χ4n) is 3.96. The number of hydrogen-bond donors (Lipinski definition) is 0. The summed E-state index contributed by atoms with van der Waals surface area (Å²) < 4.78 is 5.46. The van der Waals surface area contributed by atoms with Crippen molar-refractivity contribution in [1.82, 2.24) is 4.90 Å². The fraction of sp³-hybridized carbons (Fsp3) is 0.600. The van der Waals surface area contributed by atoms with E-state index in [0.717, 1.165) is 38.5 Å². The summed E-state index contributed by atoms with van der Waals surface area (Å²) in [6, 6.07) is 0.781. The second-order valence-electron chi connectivity index (χ2n) is 5.90. The van der Waals surface area contributed by atoms with Crippen molar-refractivity contribution >= 4 is 11.7 Å². The van der Waals surface area contributed by atoms with Gasteiger partial charge < -0.3 is 9.32 Å². The van der Waals surface area contributed by atoms with Gasteiger partial charge in [-0.25, -0.2) is 0 Å². The minimum Gasteiger partial charge on any atom is -0.468 e. The van der Waals surface area contributed by atoms with Crippen LogP contribution in [0.1, 0.15) is 65.0 Å². The van der Waals surface area contributed by atoms with Gasteiger partial charge in [0.05, 0.1) is 11.1 Å². The minimum absolute atomic E-state index is 0.0188. The molecule has 3 aliphatic rings. The van der Waals surface area contributed by atoms with Gasteiger partial charge in [-0.3, -0.25) is 9.59 Å². The van der Waals surface area contributed by atoms with Crippen molar-refractivity contribution in [2.24, 2.45) is 0 Å². The molecule has 19 heavy (non-hydrogen) atoms. The Morgan fingerprint density at radius 1 is 1.16 bits per heavy atom.